The number of aliphatic imine (C=N–C) groups is 1. The number of nitrogens with zero attached hydrogens (tertiary/aromatic N) is 3. The van der Waals surface area contributed by atoms with Crippen molar-refractivity contribution in [2.75, 3.05) is 45.8 Å². The van der Waals surface area contributed by atoms with Gasteiger partial charge in [-0.2, -0.15) is 0 Å². The Morgan fingerprint density at radius 3 is 2.79 bits per heavy atom. The molecular weight excluding hydrogens is 362 g/mol. The monoisotopic (exact) mass is 403 g/mol. The lowest BCUT2D eigenvalue weighted by Crippen LogP contribution is -2.49. The number of nitrogens with one attached hydrogen (secondary N) is 2. The molecular formula is C23H41N5O. The lowest BCUT2D eigenvalue weighted by Gasteiger charge is -2.33. The Hall–Kier alpha value is -1.53. The molecule has 6 nitrogen and oxygen atoms in total. The molecule has 1 aromatic heterocycles. The molecule has 0 spiro atoms. The number of furan rings is 1. The first-order valence-electron chi connectivity index (χ1n) is 11.8. The highest BCUT2D eigenvalue weighted by molar-refractivity contribution is 5.80. The van der Waals surface area contributed by atoms with E-state index in [1.807, 2.05) is 12.1 Å². The summed E-state index contributed by atoms with van der Waals surface area (Å²) in [6, 6.07) is 5.11. The summed E-state index contributed by atoms with van der Waals surface area (Å²) >= 11 is 0. The molecule has 2 aliphatic heterocycles. The zero-order valence-corrected chi connectivity index (χ0v) is 18.5. The van der Waals surface area contributed by atoms with Crippen LogP contribution in [0.1, 0.15) is 58.1 Å². The zero-order valence-electron chi connectivity index (χ0n) is 18.5. The predicted octanol–water partition coefficient (Wildman–Crippen LogP) is 3.11. The van der Waals surface area contributed by atoms with E-state index in [0.29, 0.717) is 12.1 Å². The van der Waals surface area contributed by atoms with Crippen molar-refractivity contribution in [3.8, 4) is 0 Å². The summed E-state index contributed by atoms with van der Waals surface area (Å²) in [4.78, 5) is 10.2. The maximum Gasteiger partial charge on any atom is 0.191 e. The van der Waals surface area contributed by atoms with Crippen LogP contribution in [0.25, 0.3) is 0 Å². The van der Waals surface area contributed by atoms with Crippen LogP contribution in [0, 0.1) is 0 Å². The van der Waals surface area contributed by atoms with Gasteiger partial charge in [-0.25, -0.2) is 0 Å². The van der Waals surface area contributed by atoms with Crippen LogP contribution in [0.15, 0.2) is 27.8 Å². The molecule has 2 fully saturated rings. The summed E-state index contributed by atoms with van der Waals surface area (Å²) in [7, 11) is 0. The molecule has 3 rings (SSSR count). The molecule has 0 amide bonds. The number of hydrogen-bond donors (Lipinski definition) is 2. The van der Waals surface area contributed by atoms with E-state index >= 15 is 0 Å². The van der Waals surface area contributed by atoms with Crippen LogP contribution in [0.4, 0.5) is 0 Å². The second-order valence-corrected chi connectivity index (χ2v) is 8.48. The van der Waals surface area contributed by atoms with Crippen molar-refractivity contribution in [2.24, 2.45) is 4.99 Å². The van der Waals surface area contributed by atoms with Gasteiger partial charge in [0.25, 0.3) is 0 Å². The van der Waals surface area contributed by atoms with Gasteiger partial charge >= 0.3 is 0 Å². The highest BCUT2D eigenvalue weighted by Crippen LogP contribution is 2.17. The minimum absolute atomic E-state index is 0.522. The summed E-state index contributed by atoms with van der Waals surface area (Å²) in [5.41, 5.74) is 0. The predicted molar refractivity (Wildman–Crippen MR) is 120 cm³/mol. The van der Waals surface area contributed by atoms with E-state index in [-0.39, 0.29) is 0 Å². The first-order valence-corrected chi connectivity index (χ1v) is 11.8. The lowest BCUT2D eigenvalue weighted by molar-refractivity contribution is 0.203. The fraction of sp³-hybridized carbons (Fsp3) is 0.783. The van der Waals surface area contributed by atoms with Crippen LogP contribution in [0.5, 0.6) is 0 Å². The van der Waals surface area contributed by atoms with Gasteiger partial charge in [0.2, 0.25) is 0 Å². The van der Waals surface area contributed by atoms with Crippen LogP contribution in [-0.4, -0.2) is 73.7 Å². The zero-order chi connectivity index (χ0) is 20.3. The van der Waals surface area contributed by atoms with Crippen molar-refractivity contribution in [3.63, 3.8) is 0 Å². The maximum absolute atomic E-state index is 5.47. The van der Waals surface area contributed by atoms with Crippen LogP contribution < -0.4 is 10.6 Å². The summed E-state index contributed by atoms with van der Waals surface area (Å²) in [5.74, 6) is 2.00. The fourth-order valence-corrected chi connectivity index (χ4v) is 4.50. The van der Waals surface area contributed by atoms with Crippen LogP contribution in [0.2, 0.25) is 0 Å². The van der Waals surface area contributed by atoms with Crippen molar-refractivity contribution < 1.29 is 4.42 Å². The molecule has 29 heavy (non-hydrogen) atoms. The summed E-state index contributed by atoms with van der Waals surface area (Å²) in [6.07, 6.45) is 10.2. The second kappa shape index (κ2) is 12.2. The topological polar surface area (TPSA) is 56.0 Å². The first kappa shape index (κ1) is 22.2. The first-order chi connectivity index (χ1) is 14.3. The largest absolute Gasteiger partial charge is 0.469 e. The Bertz CT molecular complexity index is 580. The number of guanidine groups is 1. The Labute approximate surface area is 177 Å². The Morgan fingerprint density at radius 1 is 1.21 bits per heavy atom. The molecule has 0 radical (unpaired) electrons. The SMILES string of the molecule is CCCCN1CCC(NC(=NCC2CCCN2CC)NCCc2ccco2)CC1. The second-order valence-electron chi connectivity index (χ2n) is 8.48. The third-order valence-corrected chi connectivity index (χ3v) is 6.37. The van der Waals surface area contributed by atoms with Gasteiger partial charge in [0.1, 0.15) is 5.76 Å². The molecule has 0 aliphatic carbocycles. The van der Waals surface area contributed by atoms with E-state index in [2.05, 4.69) is 34.3 Å². The molecule has 164 valence electrons. The average Bonchev–Trinajstić information content (AvgIpc) is 3.43. The van der Waals surface area contributed by atoms with Gasteiger partial charge in [-0.05, 0) is 63.9 Å². The molecule has 1 unspecified atom stereocenters. The van der Waals surface area contributed by atoms with Gasteiger partial charge in [-0.3, -0.25) is 9.89 Å². The molecule has 2 aliphatic rings. The van der Waals surface area contributed by atoms with Gasteiger partial charge in [0.05, 0.1) is 12.8 Å². The standard InChI is InChI=1S/C23H41N5O/c1-3-5-14-27-16-11-20(12-17-27)26-23(24-13-10-22-9-7-18-29-22)25-19-21-8-6-15-28(21)4-2/h7,9,18,20-21H,3-6,8,10-17,19H2,1-2H3,(H2,24,25,26). The normalized spacial score (nSPS) is 22.3. The van der Waals surface area contributed by atoms with Crippen molar-refractivity contribution in [3.05, 3.63) is 24.2 Å². The third-order valence-electron chi connectivity index (χ3n) is 6.37. The Kier molecular flexibility index (Phi) is 9.35. The molecule has 3 heterocycles. The number of likely N-dealkylation sites (tertiary alicyclic amines) is 2. The minimum atomic E-state index is 0.522. The number of hydrogen-bond acceptors (Lipinski definition) is 4. The highest BCUT2D eigenvalue weighted by atomic mass is 16.3. The molecule has 1 atom stereocenters. The summed E-state index contributed by atoms with van der Waals surface area (Å²) in [6.45, 7) is 12.3. The highest BCUT2D eigenvalue weighted by Gasteiger charge is 2.23. The van der Waals surface area contributed by atoms with E-state index in [1.165, 1.54) is 64.7 Å². The minimum Gasteiger partial charge on any atom is -0.469 e. The maximum atomic E-state index is 5.47. The molecule has 1 aromatic rings. The van der Waals surface area contributed by atoms with Crippen LogP contribution in [0.3, 0.4) is 0 Å². The third kappa shape index (κ3) is 7.34. The van der Waals surface area contributed by atoms with Gasteiger partial charge in [-0.1, -0.05) is 20.3 Å². The van der Waals surface area contributed by atoms with E-state index in [4.69, 9.17) is 9.41 Å². The average molecular weight is 404 g/mol. The molecule has 0 saturated carbocycles. The van der Waals surface area contributed by atoms with E-state index < -0.39 is 0 Å². The quantitative estimate of drug-likeness (QED) is 0.464. The smallest absolute Gasteiger partial charge is 0.191 e. The van der Waals surface area contributed by atoms with Gasteiger partial charge in [-0.15, -0.1) is 0 Å². The summed E-state index contributed by atoms with van der Waals surface area (Å²) in [5, 5.41) is 7.29. The van der Waals surface area contributed by atoms with Crippen molar-refractivity contribution >= 4 is 5.96 Å². The number of likely N-dealkylation sites (N-methyl/N-ethyl adjacent to an activating group) is 1. The van der Waals surface area contributed by atoms with Gasteiger partial charge in [0.15, 0.2) is 5.96 Å². The van der Waals surface area contributed by atoms with Crippen molar-refractivity contribution in [1.82, 2.24) is 20.4 Å². The lowest BCUT2D eigenvalue weighted by atomic mass is 10.0. The molecule has 0 bridgehead atoms. The number of unbranched alkanes of at least 4 members (excludes halogenated alkanes) is 1. The van der Waals surface area contributed by atoms with E-state index in [1.54, 1.807) is 6.26 Å². The fourth-order valence-electron chi connectivity index (χ4n) is 4.50. The van der Waals surface area contributed by atoms with Gasteiger partial charge in [0, 0.05) is 38.1 Å². The Morgan fingerprint density at radius 2 is 2.07 bits per heavy atom. The molecule has 6 heteroatoms. The molecule has 0 aromatic carbocycles. The molecule has 2 saturated heterocycles. The number of piperidine rings is 1. The van der Waals surface area contributed by atoms with Crippen molar-refractivity contribution in [1.29, 1.82) is 0 Å². The van der Waals surface area contributed by atoms with E-state index in [0.717, 1.165) is 37.8 Å². The van der Waals surface area contributed by atoms with Crippen molar-refractivity contribution in [2.45, 2.75) is 70.9 Å². The Balaban J connectivity index is 1.50. The van der Waals surface area contributed by atoms with Crippen LogP contribution >= 0.6 is 0 Å². The summed E-state index contributed by atoms with van der Waals surface area (Å²) < 4.78 is 5.47. The number of rotatable bonds is 10. The molecule has 2 N–H and O–H groups in total. The van der Waals surface area contributed by atoms with Crippen LogP contribution in [-0.2, 0) is 6.42 Å². The van der Waals surface area contributed by atoms with Gasteiger partial charge < -0.3 is 20.0 Å². The van der Waals surface area contributed by atoms with E-state index in [9.17, 15) is 0 Å².